The van der Waals surface area contributed by atoms with Crippen LogP contribution in [0.15, 0.2) is 30.1 Å². The third-order valence-corrected chi connectivity index (χ3v) is 4.17. The maximum atomic E-state index is 4.24. The molecule has 0 bridgehead atoms. The zero-order valence-electron chi connectivity index (χ0n) is 13.0. The average molecular weight is 272 g/mol. The predicted octanol–water partition coefficient (Wildman–Crippen LogP) is 4.71. The van der Waals surface area contributed by atoms with Gasteiger partial charge in [0.1, 0.15) is 0 Å². The molecule has 1 atom stereocenters. The van der Waals surface area contributed by atoms with E-state index in [0.717, 1.165) is 6.54 Å². The van der Waals surface area contributed by atoms with Gasteiger partial charge in [-0.25, -0.2) is 0 Å². The number of aryl methyl sites for hydroxylation is 1. The lowest BCUT2D eigenvalue weighted by molar-refractivity contribution is 0.539. The van der Waals surface area contributed by atoms with Gasteiger partial charge >= 0.3 is 0 Å². The molecule has 110 valence electrons. The number of pyridine rings is 1. The Labute approximate surface area is 123 Å². The second-order valence-corrected chi connectivity index (χ2v) is 5.85. The molecule has 1 N–H and O–H groups in total. The minimum atomic E-state index is 0.385. The normalized spacial score (nSPS) is 20.6. The molecule has 2 rings (SSSR count). The molecule has 0 aliphatic heterocycles. The molecule has 0 aromatic carbocycles. The van der Waals surface area contributed by atoms with Gasteiger partial charge in [-0.2, -0.15) is 0 Å². The number of hydrogen-bond donors (Lipinski definition) is 1. The van der Waals surface area contributed by atoms with Crippen LogP contribution in [0.4, 0.5) is 0 Å². The summed E-state index contributed by atoms with van der Waals surface area (Å²) in [5.41, 5.74) is 4.29. The number of rotatable bonds is 5. The van der Waals surface area contributed by atoms with Crippen LogP contribution in [0.25, 0.3) is 0 Å². The van der Waals surface area contributed by atoms with E-state index < -0.39 is 0 Å². The van der Waals surface area contributed by atoms with Gasteiger partial charge in [-0.1, -0.05) is 31.4 Å². The van der Waals surface area contributed by atoms with Crippen LogP contribution in [0, 0.1) is 6.92 Å². The number of nitrogens with one attached hydrogen (secondary N) is 1. The molecular formula is C18H28N2. The first-order valence-corrected chi connectivity index (χ1v) is 8.15. The molecular weight excluding hydrogens is 244 g/mol. The molecule has 1 aromatic heterocycles. The van der Waals surface area contributed by atoms with Crippen LogP contribution in [0.3, 0.4) is 0 Å². The van der Waals surface area contributed by atoms with Crippen molar-refractivity contribution in [1.29, 1.82) is 0 Å². The van der Waals surface area contributed by atoms with Gasteiger partial charge in [-0.3, -0.25) is 4.98 Å². The first kappa shape index (κ1) is 15.2. The van der Waals surface area contributed by atoms with Gasteiger partial charge in [-0.05, 0) is 62.8 Å². The highest BCUT2D eigenvalue weighted by Gasteiger charge is 2.18. The first-order valence-electron chi connectivity index (χ1n) is 8.15. The van der Waals surface area contributed by atoms with Crippen LogP contribution in [0.5, 0.6) is 0 Å². The van der Waals surface area contributed by atoms with Crippen molar-refractivity contribution in [2.45, 2.75) is 64.8 Å². The third kappa shape index (κ3) is 4.17. The molecule has 0 saturated carbocycles. The lowest BCUT2D eigenvalue weighted by Gasteiger charge is -2.25. The molecule has 1 aromatic rings. The molecule has 1 aliphatic rings. The Balaban J connectivity index is 2.24. The highest BCUT2D eigenvalue weighted by molar-refractivity contribution is 5.32. The fraction of sp³-hybridized carbons (Fsp3) is 0.611. The van der Waals surface area contributed by atoms with E-state index in [0.29, 0.717) is 6.04 Å². The average Bonchev–Trinajstić information content (AvgIpc) is 2.42. The number of aromatic nitrogens is 1. The van der Waals surface area contributed by atoms with Gasteiger partial charge in [0.15, 0.2) is 0 Å². The molecule has 0 saturated heterocycles. The van der Waals surface area contributed by atoms with Crippen LogP contribution in [0.1, 0.15) is 69.0 Å². The molecule has 0 radical (unpaired) electrons. The van der Waals surface area contributed by atoms with Crippen molar-refractivity contribution in [2.75, 3.05) is 6.54 Å². The Morgan fingerprint density at radius 3 is 2.90 bits per heavy atom. The molecule has 1 unspecified atom stereocenters. The molecule has 0 amide bonds. The van der Waals surface area contributed by atoms with E-state index in [4.69, 9.17) is 0 Å². The largest absolute Gasteiger partial charge is 0.307 e. The van der Waals surface area contributed by atoms with Crippen molar-refractivity contribution < 1.29 is 0 Å². The summed E-state index contributed by atoms with van der Waals surface area (Å²) in [5, 5.41) is 3.75. The maximum absolute atomic E-state index is 4.24. The molecule has 0 fully saturated rings. The van der Waals surface area contributed by atoms with Crippen LogP contribution < -0.4 is 5.32 Å². The second kappa shape index (κ2) is 8.21. The van der Waals surface area contributed by atoms with Crippen molar-refractivity contribution in [2.24, 2.45) is 0 Å². The smallest absolute Gasteiger partial charge is 0.0539 e. The standard InChI is InChI=1S/C18H28N2/c1-3-12-20-18(17-11-13-19-14-15(17)2)16-9-7-5-4-6-8-10-16/h9,11,13-14,18,20H,3-8,10,12H2,1-2H3/b16-9+. The van der Waals surface area contributed by atoms with Crippen molar-refractivity contribution in [3.63, 3.8) is 0 Å². The molecule has 20 heavy (non-hydrogen) atoms. The van der Waals surface area contributed by atoms with Gasteiger partial charge in [-0.15, -0.1) is 0 Å². The maximum Gasteiger partial charge on any atom is 0.0539 e. The monoisotopic (exact) mass is 272 g/mol. The van der Waals surface area contributed by atoms with Gasteiger partial charge < -0.3 is 5.32 Å². The Bertz CT molecular complexity index is 437. The Morgan fingerprint density at radius 1 is 1.25 bits per heavy atom. The molecule has 2 nitrogen and oxygen atoms in total. The Hall–Kier alpha value is -1.15. The molecule has 2 heteroatoms. The zero-order valence-corrected chi connectivity index (χ0v) is 13.0. The highest BCUT2D eigenvalue weighted by atomic mass is 14.9. The van der Waals surface area contributed by atoms with E-state index >= 15 is 0 Å². The number of nitrogens with zero attached hydrogens (tertiary/aromatic N) is 1. The van der Waals surface area contributed by atoms with Gasteiger partial charge in [0, 0.05) is 12.4 Å². The minimum absolute atomic E-state index is 0.385. The summed E-state index contributed by atoms with van der Waals surface area (Å²) in [6.07, 6.45) is 15.5. The van der Waals surface area contributed by atoms with Crippen molar-refractivity contribution >= 4 is 0 Å². The topological polar surface area (TPSA) is 24.9 Å². The van der Waals surface area contributed by atoms with Gasteiger partial charge in [0.05, 0.1) is 6.04 Å². The summed E-state index contributed by atoms with van der Waals surface area (Å²) in [4.78, 5) is 4.24. The quantitative estimate of drug-likeness (QED) is 0.785. The number of hydrogen-bond acceptors (Lipinski definition) is 2. The number of allylic oxidation sites excluding steroid dienone is 1. The summed E-state index contributed by atoms with van der Waals surface area (Å²) in [6.45, 7) is 5.48. The van der Waals surface area contributed by atoms with Gasteiger partial charge in [0.2, 0.25) is 0 Å². The lowest BCUT2D eigenvalue weighted by atomic mass is 9.89. The van der Waals surface area contributed by atoms with E-state index in [1.165, 1.54) is 56.1 Å². The highest BCUT2D eigenvalue weighted by Crippen LogP contribution is 2.30. The molecule has 1 heterocycles. The summed E-state index contributed by atoms with van der Waals surface area (Å²) < 4.78 is 0. The van der Waals surface area contributed by atoms with Gasteiger partial charge in [0.25, 0.3) is 0 Å². The van der Waals surface area contributed by atoms with Crippen LogP contribution in [0.2, 0.25) is 0 Å². The van der Waals surface area contributed by atoms with Crippen LogP contribution >= 0.6 is 0 Å². The minimum Gasteiger partial charge on any atom is -0.307 e. The molecule has 0 spiro atoms. The SMILES string of the molecule is CCCNC(/C1=C/CCCCCC1)c1ccncc1C. The van der Waals surface area contributed by atoms with Crippen molar-refractivity contribution in [1.82, 2.24) is 10.3 Å². The fourth-order valence-electron chi connectivity index (χ4n) is 3.02. The Kier molecular flexibility index (Phi) is 6.25. The lowest BCUT2D eigenvalue weighted by Crippen LogP contribution is -2.25. The summed E-state index contributed by atoms with van der Waals surface area (Å²) in [6, 6.07) is 2.57. The van der Waals surface area contributed by atoms with Crippen molar-refractivity contribution in [3.8, 4) is 0 Å². The predicted molar refractivity (Wildman–Crippen MR) is 85.8 cm³/mol. The summed E-state index contributed by atoms with van der Waals surface area (Å²) >= 11 is 0. The van der Waals surface area contributed by atoms with E-state index in [9.17, 15) is 0 Å². The summed E-state index contributed by atoms with van der Waals surface area (Å²) in [7, 11) is 0. The first-order chi connectivity index (χ1) is 9.83. The second-order valence-electron chi connectivity index (χ2n) is 5.85. The van der Waals surface area contributed by atoms with E-state index in [2.05, 4.69) is 36.3 Å². The Morgan fingerprint density at radius 2 is 2.10 bits per heavy atom. The van der Waals surface area contributed by atoms with E-state index in [1.807, 2.05) is 12.4 Å². The fourth-order valence-corrected chi connectivity index (χ4v) is 3.02. The molecule has 1 aliphatic carbocycles. The van der Waals surface area contributed by atoms with E-state index in [1.54, 1.807) is 5.57 Å². The van der Waals surface area contributed by atoms with Crippen LogP contribution in [-0.2, 0) is 0 Å². The van der Waals surface area contributed by atoms with E-state index in [-0.39, 0.29) is 0 Å². The summed E-state index contributed by atoms with van der Waals surface area (Å²) in [5.74, 6) is 0. The van der Waals surface area contributed by atoms with Crippen molar-refractivity contribution in [3.05, 3.63) is 41.2 Å². The third-order valence-electron chi connectivity index (χ3n) is 4.17. The van der Waals surface area contributed by atoms with Crippen LogP contribution in [-0.4, -0.2) is 11.5 Å². The zero-order chi connectivity index (χ0) is 14.2.